The SMILES string of the molecule is C=C(Cc1ccc(C)cc1)Cc1ccc(C)c2c1C[C@]1(C)C[C@]3(C)CC(C)=C(C(=C)C)C(=C)[C@]3(C)C(C)=C1C2=C. The minimum Gasteiger partial charge on any atom is -0.0992 e. The van der Waals surface area contributed by atoms with Crippen LogP contribution in [0.15, 0.2) is 102 Å². The number of benzene rings is 2. The van der Waals surface area contributed by atoms with Crippen LogP contribution in [-0.2, 0) is 19.3 Å². The molecule has 0 unspecified atom stereocenters. The lowest BCUT2D eigenvalue weighted by atomic mass is 9.41. The minimum absolute atomic E-state index is 0.0323. The normalized spacial score (nSPS) is 27.8. The van der Waals surface area contributed by atoms with E-state index in [1.165, 1.54) is 72.4 Å². The van der Waals surface area contributed by atoms with Gasteiger partial charge in [0, 0.05) is 5.41 Å². The molecule has 0 nitrogen and oxygen atoms in total. The predicted octanol–water partition coefficient (Wildman–Crippen LogP) is 10.8. The summed E-state index contributed by atoms with van der Waals surface area (Å²) in [6, 6.07) is 13.5. The van der Waals surface area contributed by atoms with Crippen LogP contribution in [0.1, 0.15) is 87.8 Å². The first-order chi connectivity index (χ1) is 18.6. The van der Waals surface area contributed by atoms with Gasteiger partial charge in [0.05, 0.1) is 0 Å². The van der Waals surface area contributed by atoms with Crippen molar-refractivity contribution in [2.45, 2.75) is 87.5 Å². The van der Waals surface area contributed by atoms with Crippen LogP contribution in [0, 0.1) is 30.1 Å². The van der Waals surface area contributed by atoms with Crippen molar-refractivity contribution in [1.82, 2.24) is 0 Å². The van der Waals surface area contributed by atoms with Gasteiger partial charge in [0.25, 0.3) is 0 Å². The van der Waals surface area contributed by atoms with Crippen molar-refractivity contribution < 1.29 is 0 Å². The highest BCUT2D eigenvalue weighted by Gasteiger charge is 2.59. The molecule has 0 heteroatoms. The molecule has 2 aromatic carbocycles. The lowest BCUT2D eigenvalue weighted by molar-refractivity contribution is 0.0543. The first-order valence-corrected chi connectivity index (χ1v) is 14.9. The van der Waals surface area contributed by atoms with Crippen LogP contribution < -0.4 is 0 Å². The number of allylic oxidation sites excluding steroid dienone is 8. The summed E-state index contributed by atoms with van der Waals surface area (Å²) in [5.41, 5.74) is 18.8. The standard InChI is InChI=1S/C40H48/c1-24(2)35-28(6)21-39(11)23-38(10)22-34-33(20-26(4)19-32-16-13-25(3)14-17-32)18-15-27(5)36(34)29(7)37(38)31(9)40(39,12)30(35)8/h13-18H,1,4,7-8,19-23H2,2-3,5-6,9-12H3/t38-,39+,40-/m1/s1. The number of hydrogen-bond acceptors (Lipinski definition) is 0. The number of fused-ring (bicyclic) bond motifs is 3. The molecule has 3 aliphatic carbocycles. The Morgan fingerprint density at radius 1 is 0.850 bits per heavy atom. The van der Waals surface area contributed by atoms with Gasteiger partial charge in [-0.25, -0.2) is 0 Å². The zero-order valence-electron chi connectivity index (χ0n) is 26.3. The van der Waals surface area contributed by atoms with Crippen molar-refractivity contribution in [3.05, 3.63) is 135 Å². The van der Waals surface area contributed by atoms with Crippen LogP contribution in [-0.4, -0.2) is 0 Å². The van der Waals surface area contributed by atoms with Crippen molar-refractivity contribution in [2.75, 3.05) is 0 Å². The highest BCUT2D eigenvalue weighted by molar-refractivity contribution is 5.87. The van der Waals surface area contributed by atoms with Crippen molar-refractivity contribution >= 4 is 5.57 Å². The first-order valence-electron chi connectivity index (χ1n) is 14.9. The van der Waals surface area contributed by atoms with Gasteiger partial charge in [-0.1, -0.05) is 111 Å². The van der Waals surface area contributed by atoms with Crippen molar-refractivity contribution in [2.24, 2.45) is 16.2 Å². The van der Waals surface area contributed by atoms with E-state index in [-0.39, 0.29) is 16.2 Å². The third kappa shape index (κ3) is 4.09. The van der Waals surface area contributed by atoms with E-state index in [0.29, 0.717) is 0 Å². The summed E-state index contributed by atoms with van der Waals surface area (Å²) < 4.78 is 0. The van der Waals surface area contributed by atoms with Gasteiger partial charge in [0.2, 0.25) is 0 Å². The molecular weight excluding hydrogens is 480 g/mol. The largest absolute Gasteiger partial charge is 0.0992 e. The van der Waals surface area contributed by atoms with Crippen LogP contribution in [0.25, 0.3) is 5.57 Å². The molecule has 40 heavy (non-hydrogen) atoms. The van der Waals surface area contributed by atoms with Crippen LogP contribution in [0.4, 0.5) is 0 Å². The fourth-order valence-corrected chi connectivity index (χ4v) is 9.09. The second kappa shape index (κ2) is 9.47. The molecule has 0 radical (unpaired) electrons. The Balaban J connectivity index is 1.60. The third-order valence-electron chi connectivity index (χ3n) is 10.9. The number of aryl methyl sites for hydroxylation is 2. The second-order valence-electron chi connectivity index (χ2n) is 14.2. The van der Waals surface area contributed by atoms with Crippen molar-refractivity contribution in [1.29, 1.82) is 0 Å². The molecule has 0 saturated heterocycles. The third-order valence-corrected chi connectivity index (χ3v) is 10.9. The van der Waals surface area contributed by atoms with E-state index in [2.05, 4.69) is 105 Å². The van der Waals surface area contributed by atoms with Gasteiger partial charge in [-0.15, -0.1) is 0 Å². The lowest BCUT2D eigenvalue weighted by Gasteiger charge is -2.62. The maximum atomic E-state index is 4.84. The van der Waals surface area contributed by atoms with E-state index < -0.39 is 0 Å². The van der Waals surface area contributed by atoms with Crippen LogP contribution in [0.5, 0.6) is 0 Å². The van der Waals surface area contributed by atoms with Crippen LogP contribution in [0.3, 0.4) is 0 Å². The summed E-state index contributed by atoms with van der Waals surface area (Å²) in [5.74, 6) is 0. The maximum absolute atomic E-state index is 4.84. The van der Waals surface area contributed by atoms with Gasteiger partial charge < -0.3 is 0 Å². The molecule has 3 atom stereocenters. The lowest BCUT2D eigenvalue weighted by Crippen LogP contribution is -2.52. The Morgan fingerprint density at radius 3 is 2.12 bits per heavy atom. The molecule has 0 bridgehead atoms. The van der Waals surface area contributed by atoms with Gasteiger partial charge in [-0.05, 0) is 128 Å². The van der Waals surface area contributed by atoms with E-state index in [1.807, 2.05) is 0 Å². The monoisotopic (exact) mass is 528 g/mol. The fourth-order valence-electron chi connectivity index (χ4n) is 9.09. The second-order valence-corrected chi connectivity index (χ2v) is 14.2. The molecule has 208 valence electrons. The van der Waals surface area contributed by atoms with Crippen molar-refractivity contribution in [3.63, 3.8) is 0 Å². The minimum atomic E-state index is -0.121. The molecule has 0 heterocycles. The summed E-state index contributed by atoms with van der Waals surface area (Å²) in [7, 11) is 0. The van der Waals surface area contributed by atoms with Crippen LogP contribution in [0.2, 0.25) is 0 Å². The Kier molecular flexibility index (Phi) is 6.73. The summed E-state index contributed by atoms with van der Waals surface area (Å²) in [6.45, 7) is 37.2. The summed E-state index contributed by atoms with van der Waals surface area (Å²) in [4.78, 5) is 0. The van der Waals surface area contributed by atoms with Gasteiger partial charge >= 0.3 is 0 Å². The fraction of sp³-hybridized carbons (Fsp3) is 0.400. The molecule has 3 aliphatic rings. The maximum Gasteiger partial charge on any atom is 0.0194 e. The molecule has 0 amide bonds. The average Bonchev–Trinajstić information content (AvgIpc) is 2.84. The Labute approximate surface area is 244 Å². The molecule has 0 N–H and O–H groups in total. The van der Waals surface area contributed by atoms with Gasteiger partial charge in [-0.3, -0.25) is 0 Å². The van der Waals surface area contributed by atoms with Gasteiger partial charge in [-0.2, -0.15) is 0 Å². The summed E-state index contributed by atoms with van der Waals surface area (Å²) >= 11 is 0. The zero-order valence-corrected chi connectivity index (χ0v) is 26.3. The average molecular weight is 529 g/mol. The number of hydrogen-bond donors (Lipinski definition) is 0. The molecule has 0 aliphatic heterocycles. The quantitative estimate of drug-likeness (QED) is 0.339. The van der Waals surface area contributed by atoms with E-state index in [9.17, 15) is 0 Å². The zero-order chi connectivity index (χ0) is 29.4. The molecule has 0 aromatic heterocycles. The highest BCUT2D eigenvalue weighted by atomic mass is 14.6. The summed E-state index contributed by atoms with van der Waals surface area (Å²) in [5, 5.41) is 0. The van der Waals surface area contributed by atoms with Crippen LogP contribution >= 0.6 is 0 Å². The first kappa shape index (κ1) is 28.4. The number of rotatable bonds is 5. The molecule has 0 fully saturated rings. The Morgan fingerprint density at radius 2 is 1.50 bits per heavy atom. The van der Waals surface area contributed by atoms with Gasteiger partial charge in [0.1, 0.15) is 0 Å². The molecule has 5 rings (SSSR count). The molecular formula is C40H48. The van der Waals surface area contributed by atoms with E-state index in [0.717, 1.165) is 37.7 Å². The van der Waals surface area contributed by atoms with Gasteiger partial charge in [0.15, 0.2) is 0 Å². The molecule has 0 saturated carbocycles. The highest BCUT2D eigenvalue weighted by Crippen LogP contribution is 2.70. The predicted molar refractivity (Wildman–Crippen MR) is 175 cm³/mol. The molecule has 0 spiro atoms. The molecule has 2 aromatic rings. The Hall–Kier alpha value is -3.12. The summed E-state index contributed by atoms with van der Waals surface area (Å²) in [6.07, 6.45) is 5.09. The van der Waals surface area contributed by atoms with E-state index >= 15 is 0 Å². The van der Waals surface area contributed by atoms with E-state index in [4.69, 9.17) is 13.2 Å². The smallest absolute Gasteiger partial charge is 0.0194 e. The Bertz CT molecular complexity index is 1550. The topological polar surface area (TPSA) is 0 Å². The van der Waals surface area contributed by atoms with Crippen molar-refractivity contribution in [3.8, 4) is 0 Å². The van der Waals surface area contributed by atoms with E-state index in [1.54, 1.807) is 0 Å².